The molecular weight excluding hydrogens is 310 g/mol. The van der Waals surface area contributed by atoms with Crippen molar-refractivity contribution >= 4 is 17.5 Å². The van der Waals surface area contributed by atoms with E-state index in [0.717, 1.165) is 63.6 Å². The van der Waals surface area contributed by atoms with Crippen LogP contribution in [0, 0.1) is 11.8 Å². The molecule has 3 rings (SSSR count). The van der Waals surface area contributed by atoms with Gasteiger partial charge in [-0.25, -0.2) is 0 Å². The van der Waals surface area contributed by atoms with Crippen molar-refractivity contribution in [2.24, 2.45) is 11.8 Å². The Hall–Kier alpha value is -1.10. The molecule has 0 aromatic heterocycles. The number of carbonyl (C=O) groups excluding carboxylic acids is 1. The van der Waals surface area contributed by atoms with E-state index in [9.17, 15) is 4.79 Å². The highest BCUT2D eigenvalue weighted by atomic mass is 35.5. The third kappa shape index (κ3) is 4.69. The van der Waals surface area contributed by atoms with Gasteiger partial charge in [0.05, 0.1) is 5.92 Å². The van der Waals surface area contributed by atoms with E-state index in [1.54, 1.807) is 0 Å². The van der Waals surface area contributed by atoms with Crippen LogP contribution in [-0.4, -0.2) is 43.5 Å². The Morgan fingerprint density at radius 1 is 1.26 bits per heavy atom. The van der Waals surface area contributed by atoms with Gasteiger partial charge in [-0.2, -0.15) is 0 Å². The lowest BCUT2D eigenvalue weighted by Gasteiger charge is -2.32. The van der Waals surface area contributed by atoms with Gasteiger partial charge in [-0.3, -0.25) is 9.69 Å². The number of piperidine rings is 1. The third-order valence-electron chi connectivity index (χ3n) is 5.06. The molecule has 2 aliphatic rings. The summed E-state index contributed by atoms with van der Waals surface area (Å²) in [6.07, 6.45) is 3.27. The molecule has 126 valence electrons. The maximum Gasteiger partial charge on any atom is 0.224 e. The molecule has 4 nitrogen and oxygen atoms in total. The molecule has 1 aromatic carbocycles. The van der Waals surface area contributed by atoms with Crippen LogP contribution in [0.1, 0.15) is 24.8 Å². The maximum absolute atomic E-state index is 12.1. The Labute approximate surface area is 143 Å². The molecule has 23 heavy (non-hydrogen) atoms. The van der Waals surface area contributed by atoms with Crippen LogP contribution >= 0.6 is 11.6 Å². The fourth-order valence-electron chi connectivity index (χ4n) is 3.48. The summed E-state index contributed by atoms with van der Waals surface area (Å²) >= 11 is 6.24. The molecule has 0 aliphatic carbocycles. The molecule has 2 N–H and O–H groups in total. The van der Waals surface area contributed by atoms with E-state index in [-0.39, 0.29) is 11.8 Å². The Balaban J connectivity index is 1.38. The fraction of sp³-hybridized carbons (Fsp3) is 0.611. The molecule has 0 bridgehead atoms. The molecular formula is C18H26ClN3O. The molecule has 0 radical (unpaired) electrons. The van der Waals surface area contributed by atoms with Gasteiger partial charge in [0.2, 0.25) is 5.91 Å². The summed E-state index contributed by atoms with van der Waals surface area (Å²) in [5.74, 6) is 1.01. The van der Waals surface area contributed by atoms with Crippen LogP contribution < -0.4 is 10.6 Å². The molecule has 2 saturated heterocycles. The zero-order valence-corrected chi connectivity index (χ0v) is 14.3. The van der Waals surface area contributed by atoms with Crippen molar-refractivity contribution in [1.29, 1.82) is 0 Å². The van der Waals surface area contributed by atoms with Crippen LogP contribution in [-0.2, 0) is 11.3 Å². The minimum atomic E-state index is 0.176. The van der Waals surface area contributed by atoms with Crippen LogP contribution in [0.4, 0.5) is 0 Å². The standard InChI is InChI=1S/C18H26ClN3O/c19-17-4-2-1-3-16(17)13-22-9-6-14(7-10-22)11-21-18(23)15-5-8-20-12-15/h1-4,14-15,20H,5-13H2,(H,21,23). The van der Waals surface area contributed by atoms with Gasteiger partial charge < -0.3 is 10.6 Å². The van der Waals surface area contributed by atoms with Crippen LogP contribution in [0.2, 0.25) is 5.02 Å². The summed E-state index contributed by atoms with van der Waals surface area (Å²) < 4.78 is 0. The molecule has 1 aromatic rings. The largest absolute Gasteiger partial charge is 0.356 e. The van der Waals surface area contributed by atoms with Crippen molar-refractivity contribution in [2.45, 2.75) is 25.8 Å². The molecule has 2 fully saturated rings. The van der Waals surface area contributed by atoms with Crippen molar-refractivity contribution in [2.75, 3.05) is 32.7 Å². The predicted octanol–water partition coefficient (Wildman–Crippen LogP) is 2.28. The van der Waals surface area contributed by atoms with Crippen molar-refractivity contribution in [3.8, 4) is 0 Å². The molecule has 1 amide bonds. The summed E-state index contributed by atoms with van der Waals surface area (Å²) in [4.78, 5) is 14.5. The van der Waals surface area contributed by atoms with Gasteiger partial charge in [-0.15, -0.1) is 0 Å². The van der Waals surface area contributed by atoms with Crippen LogP contribution in [0.25, 0.3) is 0 Å². The Kier molecular flexibility index (Phi) is 5.92. The van der Waals surface area contributed by atoms with E-state index in [1.807, 2.05) is 18.2 Å². The summed E-state index contributed by atoms with van der Waals surface area (Å²) in [6.45, 7) is 5.72. The summed E-state index contributed by atoms with van der Waals surface area (Å²) in [5.41, 5.74) is 1.20. The highest BCUT2D eigenvalue weighted by Crippen LogP contribution is 2.22. The molecule has 2 aliphatic heterocycles. The summed E-state index contributed by atoms with van der Waals surface area (Å²) in [5, 5.41) is 7.25. The van der Waals surface area contributed by atoms with Crippen LogP contribution in [0.15, 0.2) is 24.3 Å². The van der Waals surface area contributed by atoms with Gasteiger partial charge in [0.25, 0.3) is 0 Å². The molecule has 0 saturated carbocycles. The first kappa shape index (κ1) is 16.7. The van der Waals surface area contributed by atoms with E-state index in [0.29, 0.717) is 5.92 Å². The van der Waals surface area contributed by atoms with Crippen molar-refractivity contribution in [1.82, 2.24) is 15.5 Å². The molecule has 5 heteroatoms. The maximum atomic E-state index is 12.1. The second-order valence-corrected chi connectivity index (χ2v) is 7.15. The highest BCUT2D eigenvalue weighted by molar-refractivity contribution is 6.31. The van der Waals surface area contributed by atoms with Crippen LogP contribution in [0.3, 0.4) is 0 Å². The number of carbonyl (C=O) groups is 1. The number of likely N-dealkylation sites (tertiary alicyclic amines) is 1. The molecule has 2 heterocycles. The highest BCUT2D eigenvalue weighted by Gasteiger charge is 2.24. The number of nitrogens with zero attached hydrogens (tertiary/aromatic N) is 1. The average Bonchev–Trinajstić information content (AvgIpc) is 3.11. The lowest BCUT2D eigenvalue weighted by Crippen LogP contribution is -2.40. The number of hydrogen-bond donors (Lipinski definition) is 2. The number of halogens is 1. The minimum Gasteiger partial charge on any atom is -0.356 e. The average molecular weight is 336 g/mol. The van der Waals surface area contributed by atoms with E-state index in [4.69, 9.17) is 11.6 Å². The number of benzene rings is 1. The lowest BCUT2D eigenvalue weighted by molar-refractivity contribution is -0.124. The Bertz CT molecular complexity index is 523. The Morgan fingerprint density at radius 3 is 2.74 bits per heavy atom. The number of hydrogen-bond acceptors (Lipinski definition) is 3. The first-order chi connectivity index (χ1) is 11.2. The van der Waals surface area contributed by atoms with Gasteiger partial charge in [-0.1, -0.05) is 29.8 Å². The van der Waals surface area contributed by atoms with Crippen molar-refractivity contribution in [3.63, 3.8) is 0 Å². The second kappa shape index (κ2) is 8.13. The number of rotatable bonds is 5. The van der Waals surface area contributed by atoms with Gasteiger partial charge in [0, 0.05) is 24.7 Å². The summed E-state index contributed by atoms with van der Waals surface area (Å²) in [6, 6.07) is 8.07. The van der Waals surface area contributed by atoms with E-state index in [1.165, 1.54) is 5.56 Å². The van der Waals surface area contributed by atoms with Crippen molar-refractivity contribution in [3.05, 3.63) is 34.9 Å². The predicted molar refractivity (Wildman–Crippen MR) is 93.4 cm³/mol. The third-order valence-corrected chi connectivity index (χ3v) is 5.42. The number of nitrogens with one attached hydrogen (secondary N) is 2. The van der Waals surface area contributed by atoms with Gasteiger partial charge in [0.1, 0.15) is 0 Å². The van der Waals surface area contributed by atoms with E-state index >= 15 is 0 Å². The second-order valence-electron chi connectivity index (χ2n) is 6.75. The smallest absolute Gasteiger partial charge is 0.224 e. The molecule has 0 spiro atoms. The summed E-state index contributed by atoms with van der Waals surface area (Å²) in [7, 11) is 0. The van der Waals surface area contributed by atoms with Crippen LogP contribution in [0.5, 0.6) is 0 Å². The topological polar surface area (TPSA) is 44.4 Å². The molecule has 1 unspecified atom stereocenters. The fourth-order valence-corrected chi connectivity index (χ4v) is 3.68. The van der Waals surface area contributed by atoms with E-state index < -0.39 is 0 Å². The quantitative estimate of drug-likeness (QED) is 0.867. The lowest BCUT2D eigenvalue weighted by atomic mass is 9.96. The molecule has 1 atom stereocenters. The SMILES string of the molecule is O=C(NCC1CCN(Cc2ccccc2Cl)CC1)C1CCNC1. The van der Waals surface area contributed by atoms with Crippen molar-refractivity contribution < 1.29 is 4.79 Å². The van der Waals surface area contributed by atoms with Gasteiger partial charge in [-0.05, 0) is 56.4 Å². The Morgan fingerprint density at radius 2 is 2.04 bits per heavy atom. The first-order valence-electron chi connectivity index (χ1n) is 8.66. The zero-order chi connectivity index (χ0) is 16.1. The normalized spacial score (nSPS) is 23.1. The van der Waals surface area contributed by atoms with E-state index in [2.05, 4.69) is 21.6 Å². The first-order valence-corrected chi connectivity index (χ1v) is 9.04. The zero-order valence-electron chi connectivity index (χ0n) is 13.6. The van der Waals surface area contributed by atoms with Gasteiger partial charge in [0.15, 0.2) is 0 Å². The van der Waals surface area contributed by atoms with Gasteiger partial charge >= 0.3 is 0 Å². The monoisotopic (exact) mass is 335 g/mol. The number of amides is 1. The minimum absolute atomic E-state index is 0.176.